The second-order valence-corrected chi connectivity index (χ2v) is 5.76. The van der Waals surface area contributed by atoms with E-state index in [1.165, 1.54) is 22.6 Å². The Balaban J connectivity index is 1.97. The van der Waals surface area contributed by atoms with Gasteiger partial charge in [0.2, 0.25) is 0 Å². The lowest BCUT2D eigenvalue weighted by Gasteiger charge is -2.28. The van der Waals surface area contributed by atoms with Crippen LogP contribution in [0.3, 0.4) is 0 Å². The third kappa shape index (κ3) is 1.95. The number of hydrogen-bond acceptors (Lipinski definition) is 4. The molecule has 2 unspecified atom stereocenters. The minimum Gasteiger partial charge on any atom is -0.323 e. The van der Waals surface area contributed by atoms with Crippen LogP contribution in [-0.2, 0) is 6.42 Å². The summed E-state index contributed by atoms with van der Waals surface area (Å²) in [6.45, 7) is 2.04. The molecule has 0 spiro atoms. The van der Waals surface area contributed by atoms with Gasteiger partial charge in [-0.3, -0.25) is 4.98 Å². The fourth-order valence-corrected chi connectivity index (χ4v) is 3.68. The average molecular weight is 259 g/mol. The number of aromatic nitrogens is 2. The zero-order chi connectivity index (χ0) is 12.5. The largest absolute Gasteiger partial charge is 0.323 e. The van der Waals surface area contributed by atoms with Crippen molar-refractivity contribution in [2.24, 2.45) is 5.73 Å². The fourth-order valence-electron chi connectivity index (χ4n) is 2.81. The summed E-state index contributed by atoms with van der Waals surface area (Å²) in [4.78, 5) is 10.1. The first kappa shape index (κ1) is 11.8. The van der Waals surface area contributed by atoms with Crippen LogP contribution < -0.4 is 5.73 Å². The lowest BCUT2D eigenvalue weighted by Crippen LogP contribution is -2.24. The molecule has 94 valence electrons. The minimum atomic E-state index is 0.0337. The summed E-state index contributed by atoms with van der Waals surface area (Å²) < 4.78 is 0. The van der Waals surface area contributed by atoms with Gasteiger partial charge in [0.05, 0.1) is 11.2 Å². The Kier molecular flexibility index (Phi) is 3.14. The summed E-state index contributed by atoms with van der Waals surface area (Å²) in [5.74, 6) is 0.342. The van der Waals surface area contributed by atoms with Crippen LogP contribution in [0.1, 0.15) is 46.6 Å². The Morgan fingerprint density at radius 3 is 3.11 bits per heavy atom. The number of nitrogens with two attached hydrogens (primary N) is 1. The summed E-state index contributed by atoms with van der Waals surface area (Å²) in [5.41, 5.74) is 12.0. The van der Waals surface area contributed by atoms with Crippen LogP contribution in [0.2, 0.25) is 0 Å². The zero-order valence-corrected chi connectivity index (χ0v) is 11.3. The van der Waals surface area contributed by atoms with Gasteiger partial charge < -0.3 is 5.73 Å². The second kappa shape index (κ2) is 4.78. The predicted octanol–water partition coefficient (Wildman–Crippen LogP) is 2.97. The molecule has 4 heteroatoms. The van der Waals surface area contributed by atoms with Crippen molar-refractivity contribution in [2.75, 3.05) is 0 Å². The number of rotatable bonds is 2. The van der Waals surface area contributed by atoms with Gasteiger partial charge in [0.15, 0.2) is 0 Å². The molecule has 2 N–H and O–H groups in total. The van der Waals surface area contributed by atoms with E-state index in [1.807, 2.05) is 24.7 Å². The molecule has 0 aromatic carbocycles. The molecule has 18 heavy (non-hydrogen) atoms. The maximum atomic E-state index is 6.46. The van der Waals surface area contributed by atoms with Gasteiger partial charge in [-0.2, -0.15) is 0 Å². The van der Waals surface area contributed by atoms with Crippen LogP contribution >= 0.6 is 11.3 Å². The molecule has 2 heterocycles. The highest BCUT2D eigenvalue weighted by Crippen LogP contribution is 2.39. The summed E-state index contributed by atoms with van der Waals surface area (Å²) in [6, 6.07) is 4.23. The average Bonchev–Trinajstić information content (AvgIpc) is 2.83. The highest BCUT2D eigenvalue weighted by atomic mass is 32.1. The SMILES string of the molecule is Cc1ncsc1C(N)C1CCCc2cccnc21. The number of aryl methyl sites for hydroxylation is 2. The second-order valence-electron chi connectivity index (χ2n) is 4.87. The van der Waals surface area contributed by atoms with Gasteiger partial charge in [-0.15, -0.1) is 11.3 Å². The lowest BCUT2D eigenvalue weighted by atomic mass is 9.81. The van der Waals surface area contributed by atoms with Gasteiger partial charge in [0.1, 0.15) is 0 Å². The van der Waals surface area contributed by atoms with Crippen molar-refractivity contribution in [3.8, 4) is 0 Å². The Bertz CT molecular complexity index is 549. The van der Waals surface area contributed by atoms with Crippen molar-refractivity contribution in [1.82, 2.24) is 9.97 Å². The van der Waals surface area contributed by atoms with Crippen molar-refractivity contribution in [2.45, 2.75) is 38.1 Å². The van der Waals surface area contributed by atoms with Crippen LogP contribution in [-0.4, -0.2) is 9.97 Å². The highest BCUT2D eigenvalue weighted by molar-refractivity contribution is 7.09. The Morgan fingerprint density at radius 1 is 1.44 bits per heavy atom. The maximum Gasteiger partial charge on any atom is 0.0798 e. The van der Waals surface area contributed by atoms with Gasteiger partial charge in [-0.25, -0.2) is 4.98 Å². The third-order valence-electron chi connectivity index (χ3n) is 3.76. The molecule has 3 rings (SSSR count). The van der Waals surface area contributed by atoms with E-state index in [9.17, 15) is 0 Å². The maximum absolute atomic E-state index is 6.46. The first-order chi connectivity index (χ1) is 8.77. The first-order valence-corrected chi connectivity index (χ1v) is 7.24. The van der Waals surface area contributed by atoms with Gasteiger partial charge >= 0.3 is 0 Å². The molecule has 0 radical (unpaired) electrons. The van der Waals surface area contributed by atoms with E-state index in [0.29, 0.717) is 5.92 Å². The third-order valence-corrected chi connectivity index (χ3v) is 4.79. The van der Waals surface area contributed by atoms with Gasteiger partial charge in [0, 0.05) is 28.7 Å². The fraction of sp³-hybridized carbons (Fsp3) is 0.429. The van der Waals surface area contributed by atoms with Crippen LogP contribution in [0.15, 0.2) is 23.8 Å². The molecule has 2 aromatic heterocycles. The van der Waals surface area contributed by atoms with E-state index in [0.717, 1.165) is 18.5 Å². The smallest absolute Gasteiger partial charge is 0.0798 e. The van der Waals surface area contributed by atoms with Crippen LogP contribution in [0.5, 0.6) is 0 Å². The van der Waals surface area contributed by atoms with E-state index in [2.05, 4.69) is 16.0 Å². The molecule has 1 aliphatic carbocycles. The Hall–Kier alpha value is -1.26. The number of pyridine rings is 1. The number of thiazole rings is 1. The van der Waals surface area contributed by atoms with Crippen molar-refractivity contribution in [3.63, 3.8) is 0 Å². The molecule has 0 fully saturated rings. The molecule has 1 aliphatic rings. The van der Waals surface area contributed by atoms with E-state index in [4.69, 9.17) is 5.73 Å². The summed E-state index contributed by atoms with van der Waals surface area (Å²) in [7, 11) is 0. The number of nitrogens with zero attached hydrogens (tertiary/aromatic N) is 2. The molecule has 2 aromatic rings. The van der Waals surface area contributed by atoms with Gasteiger partial charge in [-0.1, -0.05) is 6.07 Å². The number of fused-ring (bicyclic) bond motifs is 1. The summed E-state index contributed by atoms with van der Waals surface area (Å²) >= 11 is 1.66. The van der Waals surface area contributed by atoms with Gasteiger partial charge in [-0.05, 0) is 37.8 Å². The van der Waals surface area contributed by atoms with Crippen LogP contribution in [0.25, 0.3) is 0 Å². The van der Waals surface area contributed by atoms with Crippen molar-refractivity contribution >= 4 is 11.3 Å². The topological polar surface area (TPSA) is 51.8 Å². The van der Waals surface area contributed by atoms with E-state index >= 15 is 0 Å². The van der Waals surface area contributed by atoms with E-state index in [1.54, 1.807) is 11.3 Å². The molecule has 0 saturated carbocycles. The normalized spacial score (nSPS) is 20.4. The zero-order valence-electron chi connectivity index (χ0n) is 10.5. The molecule has 2 atom stereocenters. The van der Waals surface area contributed by atoms with E-state index < -0.39 is 0 Å². The predicted molar refractivity (Wildman–Crippen MR) is 73.7 cm³/mol. The summed E-state index contributed by atoms with van der Waals surface area (Å²) in [6.07, 6.45) is 5.34. The Labute approximate surface area is 111 Å². The number of hydrogen-bond donors (Lipinski definition) is 1. The lowest BCUT2D eigenvalue weighted by molar-refractivity contribution is 0.465. The standard InChI is InChI=1S/C14H17N3S/c1-9-14(18-8-17-9)12(15)11-6-2-4-10-5-3-7-16-13(10)11/h3,5,7-8,11-12H,2,4,6,15H2,1H3. The van der Waals surface area contributed by atoms with E-state index in [-0.39, 0.29) is 6.04 Å². The molecule has 0 saturated heterocycles. The van der Waals surface area contributed by atoms with Crippen LogP contribution in [0.4, 0.5) is 0 Å². The molecule has 0 amide bonds. The highest BCUT2D eigenvalue weighted by Gasteiger charge is 2.29. The molecule has 3 nitrogen and oxygen atoms in total. The molecule has 0 aliphatic heterocycles. The molecular formula is C14H17N3S. The monoisotopic (exact) mass is 259 g/mol. The minimum absolute atomic E-state index is 0.0337. The molecule has 0 bridgehead atoms. The van der Waals surface area contributed by atoms with Crippen molar-refractivity contribution in [3.05, 3.63) is 45.7 Å². The first-order valence-electron chi connectivity index (χ1n) is 6.36. The Morgan fingerprint density at radius 2 is 2.33 bits per heavy atom. The van der Waals surface area contributed by atoms with Gasteiger partial charge in [0.25, 0.3) is 0 Å². The van der Waals surface area contributed by atoms with Crippen LogP contribution in [0, 0.1) is 6.92 Å². The van der Waals surface area contributed by atoms with Crippen molar-refractivity contribution in [1.29, 1.82) is 0 Å². The molecular weight excluding hydrogens is 242 g/mol. The van der Waals surface area contributed by atoms with Crippen molar-refractivity contribution < 1.29 is 0 Å². The quantitative estimate of drug-likeness (QED) is 0.902. The summed E-state index contributed by atoms with van der Waals surface area (Å²) in [5, 5.41) is 0.